The molecule has 3 aliphatic heterocycles. The van der Waals surface area contributed by atoms with Gasteiger partial charge in [0.15, 0.2) is 0 Å². The molecule has 4 aromatic rings. The number of hydrogen-bond donors (Lipinski definition) is 2. The normalized spacial score (nSPS) is 21.0. The zero-order valence-electron chi connectivity index (χ0n) is 32.0. The number of carbonyl (C=O) groups excluding carboxylic acids is 4. The Balaban J connectivity index is 1.14. The van der Waals surface area contributed by atoms with Gasteiger partial charge in [0, 0.05) is 69.7 Å². The molecule has 0 unspecified atom stereocenters. The van der Waals surface area contributed by atoms with Gasteiger partial charge in [0.05, 0.1) is 43.3 Å². The van der Waals surface area contributed by atoms with Crippen LogP contribution in [0.3, 0.4) is 0 Å². The maximum Gasteiger partial charge on any atom is 0.416 e. The summed E-state index contributed by atoms with van der Waals surface area (Å²) in [5.41, 5.74) is 1.11. The third-order valence-corrected chi connectivity index (χ3v) is 10.8. The molecule has 4 amide bonds. The second kappa shape index (κ2) is 17.7. The molecule has 5 heterocycles. The van der Waals surface area contributed by atoms with Crippen LogP contribution in [0, 0.1) is 11.8 Å². The highest BCUT2D eigenvalue weighted by Crippen LogP contribution is 2.36. The Morgan fingerprint density at radius 1 is 0.966 bits per heavy atom. The zero-order valence-corrected chi connectivity index (χ0v) is 32.0. The summed E-state index contributed by atoms with van der Waals surface area (Å²) in [6.45, 7) is 3.20. The molecule has 4 atom stereocenters. The fraction of sp³-hybridized carbons (Fsp3) is 0.439. The van der Waals surface area contributed by atoms with E-state index in [0.717, 1.165) is 17.7 Å². The summed E-state index contributed by atoms with van der Waals surface area (Å²) in [5, 5.41) is 13.9. The number of aromatic nitrogens is 4. The van der Waals surface area contributed by atoms with Crippen LogP contribution in [-0.2, 0) is 38.4 Å². The van der Waals surface area contributed by atoms with Crippen LogP contribution in [0.5, 0.6) is 5.88 Å². The number of ether oxygens (including phenoxy) is 2. The van der Waals surface area contributed by atoms with Crippen molar-refractivity contribution in [2.75, 3.05) is 39.3 Å². The Hall–Kier alpha value is -5.84. The van der Waals surface area contributed by atoms with Gasteiger partial charge in [-0.2, -0.15) is 13.2 Å². The molecular formula is C41H45F3N8O6. The number of fused-ring (bicyclic) bond motifs is 8. The van der Waals surface area contributed by atoms with Gasteiger partial charge in [-0.1, -0.05) is 47.7 Å². The monoisotopic (exact) mass is 802 g/mol. The van der Waals surface area contributed by atoms with Crippen LogP contribution < -0.4 is 15.4 Å². The Kier molecular flexibility index (Phi) is 12.4. The number of nitrogens with one attached hydrogen (secondary N) is 2. The highest BCUT2D eigenvalue weighted by atomic mass is 19.4. The molecule has 58 heavy (non-hydrogen) atoms. The van der Waals surface area contributed by atoms with Gasteiger partial charge in [-0.25, -0.2) is 9.67 Å². The molecular weight excluding hydrogens is 757 g/mol. The number of hydrogen-bond acceptors (Lipinski definition) is 9. The standard InChI is InChI=1S/C41H45F3N8O6/c1-26(53)45-12-13-46-37(54)17-28-10-14-50-22-31(28)11-15-57-38-19-32(41(42,43)44)18-35(47-38)29-8-5-9-30(16-29)39(55)52-24-34(20-36(52)40(50)56)58-25-33-23-51(49-48-33)21-27-6-3-2-4-7-27/h2-9,16,18-19,23,28,31,34,36H,10-15,17,20-22,24-25H2,1H3,(H,45,53)(H,46,54)/t28-,31-,34+,36-/m0/s1. The van der Waals surface area contributed by atoms with E-state index < -0.39 is 29.8 Å². The number of pyridine rings is 1. The summed E-state index contributed by atoms with van der Waals surface area (Å²) in [7, 11) is 0. The van der Waals surface area contributed by atoms with Gasteiger partial charge in [-0.3, -0.25) is 19.2 Å². The second-order valence-electron chi connectivity index (χ2n) is 15.0. The van der Waals surface area contributed by atoms with Crippen LogP contribution in [0.25, 0.3) is 11.3 Å². The molecule has 0 spiro atoms. The fourth-order valence-electron chi connectivity index (χ4n) is 7.85. The summed E-state index contributed by atoms with van der Waals surface area (Å²) in [6, 6.07) is 16.9. The number of nitrogens with zero attached hydrogens (tertiary/aromatic N) is 6. The van der Waals surface area contributed by atoms with Gasteiger partial charge in [-0.15, -0.1) is 5.10 Å². The first-order chi connectivity index (χ1) is 27.9. The Bertz CT molecular complexity index is 2110. The Morgan fingerprint density at radius 2 is 1.76 bits per heavy atom. The summed E-state index contributed by atoms with van der Waals surface area (Å²) in [6.07, 6.45) is -2.28. The number of piperidine rings is 1. The van der Waals surface area contributed by atoms with Gasteiger partial charge in [-0.05, 0) is 48.4 Å². The van der Waals surface area contributed by atoms with E-state index in [1.54, 1.807) is 34.0 Å². The minimum absolute atomic E-state index is 0.0128. The van der Waals surface area contributed by atoms with Crippen molar-refractivity contribution >= 4 is 23.6 Å². The number of benzene rings is 2. The minimum Gasteiger partial charge on any atom is -0.478 e. The van der Waals surface area contributed by atoms with Crippen molar-refractivity contribution in [3.63, 3.8) is 0 Å². The van der Waals surface area contributed by atoms with Crippen molar-refractivity contribution < 1.29 is 41.8 Å². The maximum absolute atomic E-state index is 14.5. The molecule has 0 aliphatic carbocycles. The average Bonchev–Trinajstić information content (AvgIpc) is 3.85. The lowest BCUT2D eigenvalue weighted by atomic mass is 9.81. The van der Waals surface area contributed by atoms with Gasteiger partial charge in [0.25, 0.3) is 5.91 Å². The first kappa shape index (κ1) is 40.4. The van der Waals surface area contributed by atoms with Crippen LogP contribution >= 0.6 is 0 Å². The van der Waals surface area contributed by atoms with E-state index in [1.807, 2.05) is 30.3 Å². The SMILES string of the molecule is CC(=O)NCCNC(=O)C[C@@H]1CCN2C[C@@H]1CCOc1cc(C(F)(F)F)cc(n1)-c1cccc(c1)C(=O)N1C[C@H](OCc3cn(Cc4ccccc4)nn3)C[C@H]1C2=O. The second-order valence-corrected chi connectivity index (χ2v) is 15.0. The summed E-state index contributed by atoms with van der Waals surface area (Å²) in [5.74, 6) is -1.83. The molecule has 2 aromatic carbocycles. The zero-order chi connectivity index (χ0) is 40.8. The van der Waals surface area contributed by atoms with E-state index in [-0.39, 0.29) is 104 Å². The van der Waals surface area contributed by atoms with E-state index >= 15 is 0 Å². The van der Waals surface area contributed by atoms with E-state index in [4.69, 9.17) is 9.47 Å². The first-order valence-corrected chi connectivity index (χ1v) is 19.4. The average molecular weight is 803 g/mol. The fourth-order valence-corrected chi connectivity index (χ4v) is 7.85. The molecule has 306 valence electrons. The van der Waals surface area contributed by atoms with Crippen LogP contribution in [0.4, 0.5) is 13.2 Å². The number of halogens is 3. The molecule has 2 fully saturated rings. The number of carbonyl (C=O) groups is 4. The van der Waals surface area contributed by atoms with Gasteiger partial charge in [0.1, 0.15) is 11.7 Å². The minimum atomic E-state index is -4.69. The van der Waals surface area contributed by atoms with Crippen molar-refractivity contribution in [1.82, 2.24) is 40.4 Å². The van der Waals surface area contributed by atoms with Crippen LogP contribution in [0.1, 0.15) is 59.8 Å². The molecule has 2 saturated heterocycles. The van der Waals surface area contributed by atoms with Gasteiger partial charge in [0.2, 0.25) is 23.6 Å². The van der Waals surface area contributed by atoms with E-state index in [9.17, 15) is 32.3 Å². The van der Waals surface area contributed by atoms with Crippen LogP contribution in [0.2, 0.25) is 0 Å². The molecule has 3 aliphatic rings. The van der Waals surface area contributed by atoms with E-state index in [2.05, 4.69) is 25.9 Å². The lowest BCUT2D eigenvalue weighted by molar-refractivity contribution is -0.139. The largest absolute Gasteiger partial charge is 0.478 e. The molecule has 17 heteroatoms. The van der Waals surface area contributed by atoms with E-state index in [1.165, 1.54) is 17.9 Å². The topological polar surface area (TPSA) is 161 Å². The van der Waals surface area contributed by atoms with Crippen molar-refractivity contribution in [3.8, 4) is 17.1 Å². The van der Waals surface area contributed by atoms with Crippen LogP contribution in [-0.4, -0.2) is 105 Å². The summed E-state index contributed by atoms with van der Waals surface area (Å²) < 4.78 is 56.3. The molecule has 2 aromatic heterocycles. The molecule has 7 rings (SSSR count). The van der Waals surface area contributed by atoms with Crippen molar-refractivity contribution in [1.29, 1.82) is 0 Å². The molecule has 2 N–H and O–H groups in total. The predicted molar refractivity (Wildman–Crippen MR) is 203 cm³/mol. The number of rotatable bonds is 10. The lowest BCUT2D eigenvalue weighted by Gasteiger charge is -2.40. The molecule has 6 bridgehead atoms. The highest BCUT2D eigenvalue weighted by Gasteiger charge is 2.44. The van der Waals surface area contributed by atoms with Crippen LogP contribution in [0.15, 0.2) is 72.9 Å². The van der Waals surface area contributed by atoms with Crippen molar-refractivity contribution in [3.05, 3.63) is 95.3 Å². The number of amides is 4. The molecule has 0 saturated carbocycles. The number of alkyl halides is 3. The Labute approximate surface area is 333 Å². The lowest BCUT2D eigenvalue weighted by Crippen LogP contribution is -2.52. The summed E-state index contributed by atoms with van der Waals surface area (Å²) in [4.78, 5) is 60.7. The summed E-state index contributed by atoms with van der Waals surface area (Å²) >= 11 is 0. The first-order valence-electron chi connectivity index (χ1n) is 19.4. The third-order valence-electron chi connectivity index (χ3n) is 10.8. The van der Waals surface area contributed by atoms with Crippen molar-refractivity contribution in [2.45, 2.75) is 64.1 Å². The molecule has 14 nitrogen and oxygen atoms in total. The predicted octanol–water partition coefficient (Wildman–Crippen LogP) is 4.10. The van der Waals surface area contributed by atoms with Gasteiger partial charge >= 0.3 is 6.18 Å². The smallest absolute Gasteiger partial charge is 0.416 e. The quantitative estimate of drug-likeness (QED) is 0.225. The maximum atomic E-state index is 14.5. The van der Waals surface area contributed by atoms with Gasteiger partial charge < -0.3 is 29.9 Å². The molecule has 0 radical (unpaired) electrons. The highest BCUT2D eigenvalue weighted by molar-refractivity contribution is 5.99. The van der Waals surface area contributed by atoms with E-state index in [0.29, 0.717) is 31.6 Å². The third kappa shape index (κ3) is 9.99. The Morgan fingerprint density at radius 3 is 2.55 bits per heavy atom. The van der Waals surface area contributed by atoms with Crippen molar-refractivity contribution in [2.24, 2.45) is 11.8 Å².